The normalized spacial score (nSPS) is 18.5. The smallest absolute Gasteiger partial charge is 0.0771 e. The lowest BCUT2D eigenvalue weighted by atomic mass is 10.0. The Labute approximate surface area is 96.5 Å². The van der Waals surface area contributed by atoms with Crippen molar-refractivity contribution in [1.29, 1.82) is 5.26 Å². The third-order valence-corrected chi connectivity index (χ3v) is 3.36. The maximum absolute atomic E-state index is 8.74. The molecule has 0 aromatic carbocycles. The van der Waals surface area contributed by atoms with Crippen LogP contribution in [0.2, 0.25) is 0 Å². The first-order valence-corrected chi connectivity index (χ1v) is 5.97. The van der Waals surface area contributed by atoms with Crippen LogP contribution in [0, 0.1) is 11.3 Å². The Hall–Kier alpha value is -1.34. The lowest BCUT2D eigenvalue weighted by Crippen LogP contribution is -2.35. The summed E-state index contributed by atoms with van der Waals surface area (Å²) in [5.74, 6) is 0. The summed E-state index contributed by atoms with van der Waals surface area (Å²) in [4.78, 5) is 2.46. The molecule has 1 saturated heterocycles. The van der Waals surface area contributed by atoms with Gasteiger partial charge in [0.1, 0.15) is 0 Å². The van der Waals surface area contributed by atoms with Crippen LogP contribution in [0.25, 0.3) is 0 Å². The SMILES string of the molecule is CCN1CCC(n2nccc2CC#N)CC1. The average Bonchev–Trinajstić information content (AvgIpc) is 2.78. The molecule has 0 unspecified atom stereocenters. The van der Waals surface area contributed by atoms with Crippen molar-refractivity contribution < 1.29 is 0 Å². The Morgan fingerprint density at radius 3 is 2.88 bits per heavy atom. The van der Waals surface area contributed by atoms with Gasteiger partial charge in [-0.3, -0.25) is 4.68 Å². The second kappa shape index (κ2) is 5.13. The minimum atomic E-state index is 0.466. The van der Waals surface area contributed by atoms with E-state index in [4.69, 9.17) is 5.26 Å². The highest BCUT2D eigenvalue weighted by Crippen LogP contribution is 2.23. The molecule has 1 fully saturated rings. The van der Waals surface area contributed by atoms with Crippen molar-refractivity contribution >= 4 is 0 Å². The molecule has 16 heavy (non-hydrogen) atoms. The molecule has 0 atom stereocenters. The topological polar surface area (TPSA) is 44.9 Å². The van der Waals surface area contributed by atoms with Crippen LogP contribution in [-0.4, -0.2) is 34.3 Å². The summed E-state index contributed by atoms with van der Waals surface area (Å²) in [6.07, 6.45) is 4.56. The van der Waals surface area contributed by atoms with Crippen LogP contribution in [0.4, 0.5) is 0 Å². The maximum Gasteiger partial charge on any atom is 0.0771 e. The van der Waals surface area contributed by atoms with Crippen LogP contribution in [0.3, 0.4) is 0 Å². The van der Waals surface area contributed by atoms with E-state index >= 15 is 0 Å². The van der Waals surface area contributed by atoms with Crippen molar-refractivity contribution in [3.8, 4) is 6.07 Å². The zero-order valence-electron chi connectivity index (χ0n) is 9.76. The van der Waals surface area contributed by atoms with E-state index < -0.39 is 0 Å². The van der Waals surface area contributed by atoms with Gasteiger partial charge in [0, 0.05) is 19.3 Å². The molecule has 1 aromatic rings. The third-order valence-electron chi connectivity index (χ3n) is 3.36. The van der Waals surface area contributed by atoms with E-state index in [1.165, 1.54) is 0 Å². The first kappa shape index (κ1) is 11.2. The van der Waals surface area contributed by atoms with Gasteiger partial charge in [0.05, 0.1) is 24.2 Å². The van der Waals surface area contributed by atoms with Crippen molar-refractivity contribution in [2.45, 2.75) is 32.2 Å². The number of hydrogen-bond acceptors (Lipinski definition) is 3. The molecule has 0 amide bonds. The minimum absolute atomic E-state index is 0.466. The van der Waals surface area contributed by atoms with E-state index in [0.29, 0.717) is 12.5 Å². The summed E-state index contributed by atoms with van der Waals surface area (Å²) in [5.41, 5.74) is 1.05. The molecule has 0 radical (unpaired) electrons. The zero-order chi connectivity index (χ0) is 11.4. The van der Waals surface area contributed by atoms with Gasteiger partial charge in [0.2, 0.25) is 0 Å². The number of nitrogens with zero attached hydrogens (tertiary/aromatic N) is 4. The highest BCUT2D eigenvalue weighted by atomic mass is 15.3. The minimum Gasteiger partial charge on any atom is -0.303 e. The molecule has 0 bridgehead atoms. The number of rotatable bonds is 3. The van der Waals surface area contributed by atoms with E-state index in [1.807, 2.05) is 6.07 Å². The van der Waals surface area contributed by atoms with E-state index in [0.717, 1.165) is 38.2 Å². The monoisotopic (exact) mass is 218 g/mol. The van der Waals surface area contributed by atoms with Crippen molar-refractivity contribution in [3.05, 3.63) is 18.0 Å². The maximum atomic E-state index is 8.74. The summed E-state index contributed by atoms with van der Waals surface area (Å²) in [7, 11) is 0. The molecule has 4 heteroatoms. The third kappa shape index (κ3) is 2.25. The molecular formula is C12H18N4. The van der Waals surface area contributed by atoms with Crippen LogP contribution in [0.1, 0.15) is 31.5 Å². The molecular weight excluding hydrogens is 200 g/mol. The largest absolute Gasteiger partial charge is 0.303 e. The fourth-order valence-corrected chi connectivity index (χ4v) is 2.37. The average molecular weight is 218 g/mol. The van der Waals surface area contributed by atoms with Crippen LogP contribution < -0.4 is 0 Å². The number of hydrogen-bond donors (Lipinski definition) is 0. The van der Waals surface area contributed by atoms with Crippen molar-refractivity contribution in [1.82, 2.24) is 14.7 Å². The van der Waals surface area contributed by atoms with Crippen molar-refractivity contribution in [3.63, 3.8) is 0 Å². The Morgan fingerprint density at radius 1 is 1.50 bits per heavy atom. The number of nitriles is 1. The van der Waals surface area contributed by atoms with Gasteiger partial charge in [-0.25, -0.2) is 0 Å². The molecule has 86 valence electrons. The molecule has 0 N–H and O–H groups in total. The molecule has 0 saturated carbocycles. The van der Waals surface area contributed by atoms with Gasteiger partial charge in [0.15, 0.2) is 0 Å². The summed E-state index contributed by atoms with van der Waals surface area (Å²) in [6.45, 7) is 5.63. The van der Waals surface area contributed by atoms with E-state index in [-0.39, 0.29) is 0 Å². The fraction of sp³-hybridized carbons (Fsp3) is 0.667. The van der Waals surface area contributed by atoms with E-state index in [9.17, 15) is 0 Å². The Balaban J connectivity index is 2.03. The van der Waals surface area contributed by atoms with Crippen molar-refractivity contribution in [2.24, 2.45) is 0 Å². The molecule has 0 aliphatic carbocycles. The fourth-order valence-electron chi connectivity index (χ4n) is 2.37. The standard InChI is InChI=1S/C12H18N4/c1-2-15-9-5-12(6-10-15)16-11(3-7-13)4-8-14-16/h4,8,12H,2-3,5-6,9-10H2,1H3. The van der Waals surface area contributed by atoms with E-state index in [1.54, 1.807) is 6.20 Å². The summed E-state index contributed by atoms with van der Waals surface area (Å²) in [5, 5.41) is 13.1. The first-order valence-electron chi connectivity index (χ1n) is 5.97. The number of piperidine rings is 1. The van der Waals surface area contributed by atoms with Gasteiger partial charge in [-0.15, -0.1) is 0 Å². The molecule has 0 spiro atoms. The highest BCUT2D eigenvalue weighted by Gasteiger charge is 2.21. The number of aromatic nitrogens is 2. The predicted molar refractivity (Wildman–Crippen MR) is 61.9 cm³/mol. The quantitative estimate of drug-likeness (QED) is 0.774. The Bertz CT molecular complexity index is 369. The van der Waals surface area contributed by atoms with Crippen molar-refractivity contribution in [2.75, 3.05) is 19.6 Å². The first-order chi connectivity index (χ1) is 7.85. The summed E-state index contributed by atoms with van der Waals surface area (Å²) < 4.78 is 2.05. The van der Waals surface area contributed by atoms with Crippen LogP contribution in [0.5, 0.6) is 0 Å². The second-order valence-corrected chi connectivity index (χ2v) is 4.27. The van der Waals surface area contributed by atoms with E-state index in [2.05, 4.69) is 27.7 Å². The molecule has 2 heterocycles. The van der Waals surface area contributed by atoms with Gasteiger partial charge < -0.3 is 4.90 Å². The van der Waals surface area contributed by atoms with Gasteiger partial charge >= 0.3 is 0 Å². The summed E-state index contributed by atoms with van der Waals surface area (Å²) in [6, 6.07) is 4.64. The van der Waals surface area contributed by atoms with Crippen LogP contribution in [-0.2, 0) is 6.42 Å². The van der Waals surface area contributed by atoms with Gasteiger partial charge in [0.25, 0.3) is 0 Å². The lowest BCUT2D eigenvalue weighted by Gasteiger charge is -2.31. The van der Waals surface area contributed by atoms with Gasteiger partial charge in [-0.05, 0) is 25.5 Å². The molecule has 1 aromatic heterocycles. The van der Waals surface area contributed by atoms with Crippen LogP contribution in [0.15, 0.2) is 12.3 Å². The highest BCUT2D eigenvalue weighted by molar-refractivity contribution is 5.07. The number of likely N-dealkylation sites (tertiary alicyclic amines) is 1. The molecule has 1 aliphatic heterocycles. The molecule has 2 rings (SSSR count). The van der Waals surface area contributed by atoms with Gasteiger partial charge in [-0.2, -0.15) is 10.4 Å². The second-order valence-electron chi connectivity index (χ2n) is 4.27. The predicted octanol–water partition coefficient (Wildman–Crippen LogP) is 1.61. The van der Waals surface area contributed by atoms with Crippen LogP contribution >= 0.6 is 0 Å². The molecule has 1 aliphatic rings. The Morgan fingerprint density at radius 2 is 2.25 bits per heavy atom. The lowest BCUT2D eigenvalue weighted by molar-refractivity contribution is 0.186. The zero-order valence-corrected chi connectivity index (χ0v) is 9.76. The van der Waals surface area contributed by atoms with Gasteiger partial charge in [-0.1, -0.05) is 6.92 Å². The molecule has 4 nitrogen and oxygen atoms in total. The Kier molecular flexibility index (Phi) is 3.58. The summed E-state index contributed by atoms with van der Waals surface area (Å²) >= 11 is 0.